The van der Waals surface area contributed by atoms with Crippen LogP contribution in [0.15, 0.2) is 12.4 Å². The van der Waals surface area contributed by atoms with Crippen molar-refractivity contribution in [2.75, 3.05) is 6.54 Å². The lowest BCUT2D eigenvalue weighted by Crippen LogP contribution is -2.50. The summed E-state index contributed by atoms with van der Waals surface area (Å²) in [6.07, 6.45) is 5.06. The molecule has 0 N–H and O–H groups in total. The smallest absolute Gasteiger partial charge is 0.410 e. The van der Waals surface area contributed by atoms with Gasteiger partial charge in [0, 0.05) is 25.4 Å². The number of hydrogen-bond donors (Lipinski definition) is 0. The summed E-state index contributed by atoms with van der Waals surface area (Å²) in [7, 11) is 0. The van der Waals surface area contributed by atoms with Gasteiger partial charge in [-0.05, 0) is 27.2 Å². The van der Waals surface area contributed by atoms with Gasteiger partial charge >= 0.3 is 6.09 Å². The van der Waals surface area contributed by atoms with E-state index in [2.05, 4.69) is 16.9 Å². The molecule has 7 heteroatoms. The fraction of sp³-hybridized carbons (Fsp3) is 0.688. The molecule has 0 radical (unpaired) electrons. The Kier molecular flexibility index (Phi) is 5.68. The third kappa shape index (κ3) is 5.23. The monoisotopic (exact) mass is 341 g/mol. The van der Waals surface area contributed by atoms with E-state index in [1.54, 1.807) is 11.1 Å². The van der Waals surface area contributed by atoms with E-state index in [1.807, 2.05) is 20.8 Å². The van der Waals surface area contributed by atoms with Crippen LogP contribution in [-0.2, 0) is 4.74 Å². The van der Waals surface area contributed by atoms with Crippen LogP contribution in [-0.4, -0.2) is 45.3 Å². The molecule has 128 valence electrons. The number of aromatic nitrogens is 2. The highest BCUT2D eigenvalue weighted by molar-refractivity contribution is 6.29. The van der Waals surface area contributed by atoms with Gasteiger partial charge < -0.3 is 14.4 Å². The minimum atomic E-state index is -0.487. The number of ether oxygens (including phenoxy) is 2. The zero-order valence-electron chi connectivity index (χ0n) is 14.1. The first kappa shape index (κ1) is 17.8. The summed E-state index contributed by atoms with van der Waals surface area (Å²) in [5, 5.41) is 0.306. The molecule has 2 rings (SSSR count). The van der Waals surface area contributed by atoms with Gasteiger partial charge in [0.25, 0.3) is 0 Å². The predicted molar refractivity (Wildman–Crippen MR) is 87.7 cm³/mol. The quantitative estimate of drug-likeness (QED) is 0.839. The van der Waals surface area contributed by atoms with E-state index in [0.717, 1.165) is 19.3 Å². The van der Waals surface area contributed by atoms with Crippen LogP contribution in [0.3, 0.4) is 0 Å². The molecule has 1 amide bonds. The van der Waals surface area contributed by atoms with Crippen LogP contribution >= 0.6 is 11.6 Å². The zero-order chi connectivity index (χ0) is 17.0. The molecule has 1 aromatic heterocycles. The van der Waals surface area contributed by atoms with Crippen molar-refractivity contribution in [3.63, 3.8) is 0 Å². The fourth-order valence-corrected chi connectivity index (χ4v) is 2.76. The minimum Gasteiger partial charge on any atom is -0.473 e. The van der Waals surface area contributed by atoms with Crippen LogP contribution in [0, 0.1) is 0 Å². The number of piperidine rings is 1. The average molecular weight is 342 g/mol. The van der Waals surface area contributed by atoms with Gasteiger partial charge in [-0.1, -0.05) is 18.5 Å². The van der Waals surface area contributed by atoms with E-state index >= 15 is 0 Å². The Labute approximate surface area is 142 Å². The molecule has 1 aliphatic rings. The van der Waals surface area contributed by atoms with Gasteiger partial charge in [0.1, 0.15) is 11.7 Å². The van der Waals surface area contributed by atoms with Gasteiger partial charge in [0.2, 0.25) is 5.88 Å². The highest BCUT2D eigenvalue weighted by atomic mass is 35.5. The third-order valence-corrected chi connectivity index (χ3v) is 3.82. The molecule has 1 aromatic rings. The summed E-state index contributed by atoms with van der Waals surface area (Å²) >= 11 is 5.82. The second kappa shape index (κ2) is 7.34. The summed E-state index contributed by atoms with van der Waals surface area (Å²) in [6.45, 7) is 8.29. The van der Waals surface area contributed by atoms with Crippen LogP contribution in [0.25, 0.3) is 0 Å². The highest BCUT2D eigenvalue weighted by Gasteiger charge is 2.34. The zero-order valence-corrected chi connectivity index (χ0v) is 14.8. The number of carbonyl (C=O) groups excluding carboxylic acids is 1. The van der Waals surface area contributed by atoms with Gasteiger partial charge in [-0.3, -0.25) is 4.98 Å². The molecule has 0 aromatic carbocycles. The number of amides is 1. The van der Waals surface area contributed by atoms with E-state index in [-0.39, 0.29) is 18.2 Å². The van der Waals surface area contributed by atoms with E-state index < -0.39 is 5.60 Å². The molecule has 0 saturated carbocycles. The summed E-state index contributed by atoms with van der Waals surface area (Å²) in [5.41, 5.74) is -0.487. The highest BCUT2D eigenvalue weighted by Crippen LogP contribution is 2.25. The maximum absolute atomic E-state index is 12.3. The van der Waals surface area contributed by atoms with E-state index in [1.165, 1.54) is 6.20 Å². The van der Waals surface area contributed by atoms with Crippen molar-refractivity contribution in [3.05, 3.63) is 17.5 Å². The fourth-order valence-electron chi connectivity index (χ4n) is 2.62. The second-order valence-electron chi connectivity index (χ2n) is 6.68. The standard InChI is InChI=1S/C16H24ClN3O3/c1-5-11-8-12(22-14-10-18-9-13(17)19-14)6-7-20(11)15(21)23-16(2,3)4/h9-12H,5-8H2,1-4H3/t11-,12?/m0/s1. The molecule has 0 bridgehead atoms. The molecule has 1 fully saturated rings. The molecule has 1 unspecified atom stereocenters. The molecule has 6 nitrogen and oxygen atoms in total. The Bertz CT molecular complexity index is 548. The number of rotatable bonds is 3. The van der Waals surface area contributed by atoms with E-state index in [0.29, 0.717) is 17.6 Å². The van der Waals surface area contributed by atoms with Crippen LogP contribution in [0.1, 0.15) is 47.0 Å². The van der Waals surface area contributed by atoms with E-state index in [4.69, 9.17) is 21.1 Å². The van der Waals surface area contributed by atoms with Crippen molar-refractivity contribution in [2.45, 2.75) is 64.7 Å². The van der Waals surface area contributed by atoms with Crippen molar-refractivity contribution >= 4 is 17.7 Å². The largest absolute Gasteiger partial charge is 0.473 e. The number of halogens is 1. The van der Waals surface area contributed by atoms with Crippen molar-refractivity contribution in [3.8, 4) is 5.88 Å². The number of hydrogen-bond acceptors (Lipinski definition) is 5. The second-order valence-corrected chi connectivity index (χ2v) is 7.07. The average Bonchev–Trinajstić information content (AvgIpc) is 2.45. The summed E-state index contributed by atoms with van der Waals surface area (Å²) in [6, 6.07) is 0.0933. The van der Waals surface area contributed by atoms with E-state index in [9.17, 15) is 4.79 Å². The lowest BCUT2D eigenvalue weighted by Gasteiger charge is -2.39. The SMILES string of the molecule is CC[C@H]1CC(Oc2cncc(Cl)n2)CCN1C(=O)OC(C)(C)C. The number of nitrogens with zero attached hydrogens (tertiary/aromatic N) is 3. The summed E-state index contributed by atoms with van der Waals surface area (Å²) in [5.74, 6) is 0.420. The van der Waals surface area contributed by atoms with Crippen LogP contribution in [0.2, 0.25) is 5.15 Å². The molecule has 2 atom stereocenters. The first-order valence-electron chi connectivity index (χ1n) is 7.92. The van der Waals surface area contributed by atoms with Crippen molar-refractivity contribution in [1.29, 1.82) is 0 Å². The van der Waals surface area contributed by atoms with Crippen molar-refractivity contribution in [2.24, 2.45) is 0 Å². The molecule has 0 aliphatic carbocycles. The molecule has 23 heavy (non-hydrogen) atoms. The van der Waals surface area contributed by atoms with Crippen molar-refractivity contribution in [1.82, 2.24) is 14.9 Å². The van der Waals surface area contributed by atoms with Gasteiger partial charge in [-0.2, -0.15) is 4.98 Å². The molecule has 0 spiro atoms. The number of likely N-dealkylation sites (tertiary alicyclic amines) is 1. The minimum absolute atomic E-state index is 0.00796. The molecule has 1 aliphatic heterocycles. The Morgan fingerprint density at radius 3 is 2.78 bits per heavy atom. The third-order valence-electron chi connectivity index (χ3n) is 3.64. The molecule has 2 heterocycles. The molecule has 1 saturated heterocycles. The van der Waals surface area contributed by atoms with Gasteiger partial charge in [0.15, 0.2) is 5.15 Å². The summed E-state index contributed by atoms with van der Waals surface area (Å²) in [4.78, 5) is 22.2. The Balaban J connectivity index is 1.97. The van der Waals surface area contributed by atoms with Gasteiger partial charge in [-0.25, -0.2) is 4.79 Å². The lowest BCUT2D eigenvalue weighted by atomic mass is 9.98. The predicted octanol–water partition coefficient (Wildman–Crippen LogP) is 3.69. The Hall–Kier alpha value is -1.56. The molecular weight excluding hydrogens is 318 g/mol. The lowest BCUT2D eigenvalue weighted by molar-refractivity contribution is -0.00520. The van der Waals surface area contributed by atoms with Crippen molar-refractivity contribution < 1.29 is 14.3 Å². The maximum Gasteiger partial charge on any atom is 0.410 e. The first-order chi connectivity index (χ1) is 10.8. The van der Waals surface area contributed by atoms with Gasteiger partial charge in [0.05, 0.1) is 12.4 Å². The van der Waals surface area contributed by atoms with Crippen LogP contribution in [0.4, 0.5) is 4.79 Å². The topological polar surface area (TPSA) is 64.6 Å². The molecular formula is C16H24ClN3O3. The Morgan fingerprint density at radius 2 is 2.17 bits per heavy atom. The normalized spacial score (nSPS) is 21.9. The Morgan fingerprint density at radius 1 is 1.43 bits per heavy atom. The summed E-state index contributed by atoms with van der Waals surface area (Å²) < 4.78 is 11.3. The maximum atomic E-state index is 12.3. The van der Waals surface area contributed by atoms with Crippen LogP contribution in [0.5, 0.6) is 5.88 Å². The first-order valence-corrected chi connectivity index (χ1v) is 8.30. The van der Waals surface area contributed by atoms with Crippen LogP contribution < -0.4 is 4.74 Å². The number of carbonyl (C=O) groups is 1. The van der Waals surface area contributed by atoms with Gasteiger partial charge in [-0.15, -0.1) is 0 Å².